The van der Waals surface area contributed by atoms with Crippen molar-refractivity contribution in [3.05, 3.63) is 69.7 Å². The molecule has 1 amide bonds. The molecule has 228 valence electrons. The number of ketones is 2. The first-order chi connectivity index (χ1) is 20.4. The maximum atomic E-state index is 14.0. The number of alkyl halides is 1. The molecule has 5 rings (SSSR count). The molecule has 3 aliphatic carbocycles. The van der Waals surface area contributed by atoms with Crippen LogP contribution in [-0.4, -0.2) is 88.9 Å². The van der Waals surface area contributed by atoms with Crippen LogP contribution < -0.4 is 15.8 Å². The van der Waals surface area contributed by atoms with Crippen LogP contribution in [0, 0.1) is 11.8 Å². The predicted octanol–water partition coefficient (Wildman–Crippen LogP) is 1.86. The number of primary amides is 1. The Bertz CT molecular complexity index is 1600. The summed E-state index contributed by atoms with van der Waals surface area (Å²) in [7, 11) is 4.65. The van der Waals surface area contributed by atoms with Gasteiger partial charge in [-0.05, 0) is 67.7 Å². The van der Waals surface area contributed by atoms with Gasteiger partial charge in [-0.1, -0.05) is 12.1 Å². The monoisotopic (exact) mass is 595 g/mol. The molecular formula is C31H34FN3O8. The second-order valence-electron chi connectivity index (χ2n) is 11.3. The van der Waals surface area contributed by atoms with Crippen molar-refractivity contribution in [2.45, 2.75) is 31.0 Å². The van der Waals surface area contributed by atoms with E-state index in [-0.39, 0.29) is 36.3 Å². The molecule has 0 fully saturated rings. The molecule has 0 aliphatic heterocycles. The lowest BCUT2D eigenvalue weighted by atomic mass is 9.58. The molecule has 43 heavy (non-hydrogen) atoms. The normalized spacial score (nSPS) is 25.0. The summed E-state index contributed by atoms with van der Waals surface area (Å²) >= 11 is 0. The van der Waals surface area contributed by atoms with E-state index >= 15 is 0 Å². The number of Topliss-reactive ketones (excluding diaryl/α,β-unsaturated/α-hetero) is 2. The van der Waals surface area contributed by atoms with Crippen molar-refractivity contribution in [1.82, 2.24) is 10.2 Å². The molecule has 0 radical (unpaired) electrons. The number of likely N-dealkylation sites (N-methyl/N-ethyl adjacent to an activating group) is 1. The Morgan fingerprint density at radius 1 is 1.16 bits per heavy atom. The molecule has 3 aliphatic rings. The number of carbonyl (C=O) groups excluding carboxylic acids is 3. The van der Waals surface area contributed by atoms with Crippen LogP contribution in [0.1, 0.15) is 27.9 Å². The van der Waals surface area contributed by atoms with Gasteiger partial charge in [0.25, 0.3) is 5.91 Å². The fourth-order valence-electron chi connectivity index (χ4n) is 6.88. The van der Waals surface area contributed by atoms with Gasteiger partial charge in [-0.15, -0.1) is 0 Å². The number of fused-ring (bicyclic) bond motifs is 3. The summed E-state index contributed by atoms with van der Waals surface area (Å²) < 4.78 is 18.3. The van der Waals surface area contributed by atoms with Crippen molar-refractivity contribution in [2.24, 2.45) is 17.6 Å². The highest BCUT2D eigenvalue weighted by molar-refractivity contribution is 6.25. The number of amides is 1. The first kappa shape index (κ1) is 30.2. The van der Waals surface area contributed by atoms with E-state index in [0.29, 0.717) is 29.0 Å². The Hall–Kier alpha value is -4.26. The van der Waals surface area contributed by atoms with Crippen LogP contribution >= 0.6 is 0 Å². The SMILES string of the molecule is COc1ccc(CNCCF)cc1-c1ccc(O)c2c1C[C@H]1C[C@H]3[C@H](N(C)C)C(O)=C(C(N)=O)C(=O)[C@@]3(O)C(O)=C1C2=O. The maximum absolute atomic E-state index is 14.0. The van der Waals surface area contributed by atoms with Gasteiger partial charge in [0.1, 0.15) is 35.3 Å². The molecule has 11 nitrogen and oxygen atoms in total. The summed E-state index contributed by atoms with van der Waals surface area (Å²) in [5.41, 5.74) is 4.02. The van der Waals surface area contributed by atoms with Crippen LogP contribution in [0.3, 0.4) is 0 Å². The molecule has 0 aromatic heterocycles. The van der Waals surface area contributed by atoms with Gasteiger partial charge in [-0.2, -0.15) is 0 Å². The van der Waals surface area contributed by atoms with Crippen molar-refractivity contribution in [1.29, 1.82) is 0 Å². The minimum Gasteiger partial charge on any atom is -0.510 e. The molecule has 7 N–H and O–H groups in total. The predicted molar refractivity (Wildman–Crippen MR) is 153 cm³/mol. The van der Waals surface area contributed by atoms with E-state index in [1.54, 1.807) is 26.2 Å². The van der Waals surface area contributed by atoms with Crippen LogP contribution in [0.4, 0.5) is 4.39 Å². The van der Waals surface area contributed by atoms with Crippen LogP contribution in [0.5, 0.6) is 11.5 Å². The van der Waals surface area contributed by atoms with E-state index in [4.69, 9.17) is 10.5 Å². The number of aromatic hydroxyl groups is 1. The number of nitrogens with one attached hydrogen (secondary N) is 1. The number of methoxy groups -OCH3 is 1. The molecule has 2 aromatic rings. The molecule has 0 saturated carbocycles. The van der Waals surface area contributed by atoms with Crippen molar-refractivity contribution in [2.75, 3.05) is 34.4 Å². The molecule has 0 heterocycles. The van der Waals surface area contributed by atoms with Gasteiger partial charge in [0.2, 0.25) is 5.78 Å². The first-order valence-corrected chi connectivity index (χ1v) is 13.8. The molecule has 4 atom stereocenters. The highest BCUT2D eigenvalue weighted by Gasteiger charge is 2.63. The number of hydrogen-bond donors (Lipinski definition) is 6. The Morgan fingerprint density at radius 3 is 2.51 bits per heavy atom. The number of nitrogens with two attached hydrogens (primary N) is 1. The lowest BCUT2D eigenvalue weighted by molar-refractivity contribution is -0.148. The third-order valence-corrected chi connectivity index (χ3v) is 8.76. The minimum atomic E-state index is -2.71. The Labute approximate surface area is 247 Å². The van der Waals surface area contributed by atoms with Crippen LogP contribution in [-0.2, 0) is 22.6 Å². The number of aliphatic hydroxyl groups excluding tert-OH is 2. The molecular weight excluding hydrogens is 561 g/mol. The zero-order chi connectivity index (χ0) is 31.4. The standard InChI is InChI=1S/C31H34FN3O8/c1-35(2)25-19-12-15-11-18-16(17-10-14(13-34-9-8-32)4-7-21(17)43-3)5-6-20(36)23(18)26(37)22(15)28(39)31(19,42)29(40)24(27(25)38)30(33)41/h4-7,10,15,19,25,34,36,38-39,42H,8-9,11-13H2,1-3H3,(H2,33,41)/t15-,19-,25-,31-/m0/s1. The number of phenols is 1. The average molecular weight is 596 g/mol. The topological polar surface area (TPSA) is 183 Å². The molecule has 0 bridgehead atoms. The highest BCUT2D eigenvalue weighted by Crippen LogP contribution is 2.53. The number of allylic oxidation sites excluding steroid dienone is 1. The lowest BCUT2D eigenvalue weighted by Gasteiger charge is -2.50. The van der Waals surface area contributed by atoms with Gasteiger partial charge in [-0.25, -0.2) is 4.39 Å². The quantitative estimate of drug-likeness (QED) is 0.195. The lowest BCUT2D eigenvalue weighted by Crippen LogP contribution is -2.63. The highest BCUT2D eigenvalue weighted by atomic mass is 19.1. The van der Waals surface area contributed by atoms with Crippen molar-refractivity contribution >= 4 is 17.5 Å². The number of rotatable bonds is 8. The molecule has 12 heteroatoms. The Kier molecular flexibility index (Phi) is 7.80. The fourth-order valence-corrected chi connectivity index (χ4v) is 6.88. The number of aliphatic hydroxyl groups is 3. The molecule has 0 saturated heterocycles. The Morgan fingerprint density at radius 2 is 1.88 bits per heavy atom. The zero-order valence-electron chi connectivity index (χ0n) is 24.0. The van der Waals surface area contributed by atoms with Crippen LogP contribution in [0.2, 0.25) is 0 Å². The zero-order valence-corrected chi connectivity index (χ0v) is 24.0. The summed E-state index contributed by atoms with van der Waals surface area (Å²) in [5, 5.41) is 48.1. The van der Waals surface area contributed by atoms with E-state index in [0.717, 1.165) is 5.56 Å². The van der Waals surface area contributed by atoms with E-state index in [1.807, 2.05) is 12.1 Å². The third-order valence-electron chi connectivity index (χ3n) is 8.76. The van der Waals surface area contributed by atoms with E-state index in [9.17, 15) is 39.2 Å². The number of nitrogens with zero attached hydrogens (tertiary/aromatic N) is 1. The van der Waals surface area contributed by atoms with E-state index < -0.39 is 64.7 Å². The van der Waals surface area contributed by atoms with Gasteiger partial charge in [0.15, 0.2) is 11.4 Å². The van der Waals surface area contributed by atoms with Gasteiger partial charge < -0.3 is 36.2 Å². The summed E-state index contributed by atoms with van der Waals surface area (Å²) in [6.45, 7) is 0.0445. The number of hydrogen-bond acceptors (Lipinski definition) is 10. The van der Waals surface area contributed by atoms with Gasteiger partial charge >= 0.3 is 0 Å². The first-order valence-electron chi connectivity index (χ1n) is 13.8. The van der Waals surface area contributed by atoms with Crippen molar-refractivity contribution < 1.29 is 43.9 Å². The number of carbonyl (C=O) groups is 3. The largest absolute Gasteiger partial charge is 0.510 e. The maximum Gasteiger partial charge on any atom is 0.255 e. The summed E-state index contributed by atoms with van der Waals surface area (Å²) in [4.78, 5) is 41.2. The molecule has 0 spiro atoms. The van der Waals surface area contributed by atoms with Crippen LogP contribution in [0.25, 0.3) is 11.1 Å². The smallest absolute Gasteiger partial charge is 0.255 e. The van der Waals surface area contributed by atoms with E-state index in [2.05, 4.69) is 5.32 Å². The van der Waals surface area contributed by atoms with Crippen molar-refractivity contribution in [3.63, 3.8) is 0 Å². The van der Waals surface area contributed by atoms with Gasteiger partial charge in [0.05, 0.1) is 18.7 Å². The van der Waals surface area contributed by atoms with Crippen molar-refractivity contribution in [3.8, 4) is 22.6 Å². The van der Waals surface area contributed by atoms with E-state index in [1.165, 1.54) is 18.1 Å². The second-order valence-corrected chi connectivity index (χ2v) is 11.3. The molecule has 2 aromatic carbocycles. The number of phenolic OH excluding ortho intramolecular Hbond substituents is 1. The summed E-state index contributed by atoms with van der Waals surface area (Å²) in [5.74, 6) is -6.59. The minimum absolute atomic E-state index is 0.0226. The fraction of sp³-hybridized carbons (Fsp3) is 0.387. The number of ether oxygens (including phenoxy) is 1. The number of halogens is 1. The van der Waals surface area contributed by atoms with Crippen LogP contribution in [0.15, 0.2) is 53.0 Å². The van der Waals surface area contributed by atoms with Gasteiger partial charge in [-0.3, -0.25) is 19.3 Å². The summed E-state index contributed by atoms with van der Waals surface area (Å²) in [6, 6.07) is 7.35. The second kappa shape index (κ2) is 11.1. The summed E-state index contributed by atoms with van der Waals surface area (Å²) in [6.07, 6.45) is 0.108. The number of benzene rings is 2. The van der Waals surface area contributed by atoms with Gasteiger partial charge in [0, 0.05) is 30.1 Å². The third kappa shape index (κ3) is 4.57. The Balaban J connectivity index is 1.68. The average Bonchev–Trinajstić information content (AvgIpc) is 2.95. The molecule has 0 unspecified atom stereocenters.